The van der Waals surface area contributed by atoms with Crippen molar-refractivity contribution in [3.8, 4) is 0 Å². The molecule has 0 fully saturated rings. The highest BCUT2D eigenvalue weighted by Crippen LogP contribution is 2.16. The molecule has 112 valence electrons. The lowest BCUT2D eigenvalue weighted by Gasteiger charge is -2.04. The average molecular weight is 303 g/mol. The molecule has 2 heterocycles. The van der Waals surface area contributed by atoms with Crippen LogP contribution in [-0.4, -0.2) is 21.0 Å². The van der Waals surface area contributed by atoms with E-state index in [-0.39, 0.29) is 0 Å². The van der Waals surface area contributed by atoms with Crippen LogP contribution in [0.1, 0.15) is 12.5 Å². The van der Waals surface area contributed by atoms with Crippen molar-refractivity contribution in [3.63, 3.8) is 0 Å². The number of aromatic nitrogens is 4. The maximum atomic E-state index is 4.42. The van der Waals surface area contributed by atoms with Gasteiger partial charge in [-0.1, -0.05) is 41.5 Å². The van der Waals surface area contributed by atoms with Crippen LogP contribution in [0.2, 0.25) is 0 Å². The second-order valence-corrected chi connectivity index (χ2v) is 5.26. The van der Waals surface area contributed by atoms with Crippen molar-refractivity contribution in [1.29, 1.82) is 0 Å². The van der Waals surface area contributed by atoms with Crippen LogP contribution in [0.15, 0.2) is 66.0 Å². The van der Waals surface area contributed by atoms with Crippen molar-refractivity contribution >= 4 is 27.9 Å². The van der Waals surface area contributed by atoms with Crippen LogP contribution in [0, 0.1) is 0 Å². The Kier molecular flexibility index (Phi) is 3.20. The summed E-state index contributed by atoms with van der Waals surface area (Å²) in [6, 6.07) is 18.3. The van der Waals surface area contributed by atoms with Crippen molar-refractivity contribution in [2.24, 2.45) is 5.10 Å². The largest absolute Gasteiger partial charge is 0.325 e. The number of fused-ring (bicyclic) bond motifs is 2. The normalized spacial score (nSPS) is 12.0. The minimum atomic E-state index is 0.657. The Balaban J connectivity index is 1.61. The molecule has 0 aliphatic heterocycles. The average Bonchev–Trinajstić information content (AvgIpc) is 3.07. The van der Waals surface area contributed by atoms with Gasteiger partial charge < -0.3 is 0 Å². The summed E-state index contributed by atoms with van der Waals surface area (Å²) < 4.78 is 1.66. The first kappa shape index (κ1) is 13.4. The smallest absolute Gasteiger partial charge is 0.259 e. The fraction of sp³-hybridized carbons (Fsp3) is 0.0588. The minimum absolute atomic E-state index is 0.657. The van der Waals surface area contributed by atoms with E-state index in [9.17, 15) is 0 Å². The molecule has 4 aromatic rings. The molecular formula is C17H15N6+. The number of benzene rings is 2. The molecule has 23 heavy (non-hydrogen) atoms. The molecule has 0 radical (unpaired) electrons. The molecule has 0 saturated carbocycles. The standard InChI is InChI=1S/C17H14N6/c1-12(14-7-6-13-4-2-3-5-15(13)10-14)19-20-16-8-9-17-21-18-11-23(17)22-16/h2-11H,1H3,(H,20,22)/p+1. The highest BCUT2D eigenvalue weighted by molar-refractivity contribution is 6.02. The summed E-state index contributed by atoms with van der Waals surface area (Å²) >= 11 is 0. The Morgan fingerprint density at radius 2 is 1.96 bits per heavy atom. The van der Waals surface area contributed by atoms with Gasteiger partial charge in [0, 0.05) is 11.2 Å². The third-order valence-corrected chi connectivity index (χ3v) is 3.70. The lowest BCUT2D eigenvalue weighted by Crippen LogP contribution is -2.24. The first-order valence-electron chi connectivity index (χ1n) is 7.31. The fourth-order valence-corrected chi connectivity index (χ4v) is 2.44. The van der Waals surface area contributed by atoms with Gasteiger partial charge in [0.15, 0.2) is 5.82 Å². The van der Waals surface area contributed by atoms with Crippen molar-refractivity contribution < 1.29 is 4.52 Å². The molecule has 2 aromatic heterocycles. The predicted octanol–water partition coefficient (Wildman–Crippen LogP) is 2.53. The topological polar surface area (TPSA) is 70.1 Å². The van der Waals surface area contributed by atoms with E-state index < -0.39 is 0 Å². The molecule has 2 aromatic carbocycles. The van der Waals surface area contributed by atoms with E-state index in [0.29, 0.717) is 5.82 Å². The second-order valence-electron chi connectivity index (χ2n) is 5.26. The van der Waals surface area contributed by atoms with E-state index in [1.165, 1.54) is 10.8 Å². The van der Waals surface area contributed by atoms with E-state index in [0.717, 1.165) is 16.9 Å². The number of aromatic amines is 1. The summed E-state index contributed by atoms with van der Waals surface area (Å²) in [4.78, 5) is 0. The first-order valence-corrected chi connectivity index (χ1v) is 7.31. The molecule has 0 saturated heterocycles. The van der Waals surface area contributed by atoms with Crippen LogP contribution in [0.5, 0.6) is 0 Å². The molecule has 0 unspecified atom stereocenters. The lowest BCUT2D eigenvalue weighted by atomic mass is 10.0. The quantitative estimate of drug-likeness (QED) is 0.347. The minimum Gasteiger partial charge on any atom is -0.259 e. The molecule has 6 heteroatoms. The molecule has 0 aliphatic carbocycles. The third-order valence-electron chi connectivity index (χ3n) is 3.70. The van der Waals surface area contributed by atoms with E-state index in [1.54, 1.807) is 10.8 Å². The van der Waals surface area contributed by atoms with E-state index >= 15 is 0 Å². The fourth-order valence-electron chi connectivity index (χ4n) is 2.44. The van der Waals surface area contributed by atoms with E-state index in [4.69, 9.17) is 0 Å². The van der Waals surface area contributed by atoms with Gasteiger partial charge in [-0.15, -0.1) is 9.61 Å². The van der Waals surface area contributed by atoms with Crippen molar-refractivity contribution in [2.75, 3.05) is 5.43 Å². The maximum Gasteiger partial charge on any atom is 0.325 e. The van der Waals surface area contributed by atoms with Crippen LogP contribution < -0.4 is 9.94 Å². The molecule has 0 spiro atoms. The molecule has 4 rings (SSSR count). The summed E-state index contributed by atoms with van der Waals surface area (Å²) in [5, 5.41) is 18.0. The number of rotatable bonds is 3. The zero-order valence-electron chi connectivity index (χ0n) is 12.6. The van der Waals surface area contributed by atoms with Gasteiger partial charge in [-0.05, 0) is 35.4 Å². The van der Waals surface area contributed by atoms with Gasteiger partial charge in [0.2, 0.25) is 6.33 Å². The number of hydrogen-bond donors (Lipinski definition) is 2. The summed E-state index contributed by atoms with van der Waals surface area (Å²) in [6.45, 7) is 1.97. The van der Waals surface area contributed by atoms with Gasteiger partial charge in [0.05, 0.1) is 5.71 Å². The highest BCUT2D eigenvalue weighted by Gasteiger charge is 2.05. The SMILES string of the molecule is CC(=NNc1ccc2n[nH]c[n+]2n1)c1ccc2ccccc2c1. The van der Waals surface area contributed by atoms with Crippen LogP contribution in [0.25, 0.3) is 16.4 Å². The molecule has 2 N–H and O–H groups in total. The van der Waals surface area contributed by atoms with Gasteiger partial charge in [0.1, 0.15) is 0 Å². The van der Waals surface area contributed by atoms with E-state index in [1.807, 2.05) is 31.2 Å². The van der Waals surface area contributed by atoms with Crippen LogP contribution >= 0.6 is 0 Å². The zero-order chi connectivity index (χ0) is 15.6. The number of hydrazone groups is 1. The van der Waals surface area contributed by atoms with Gasteiger partial charge in [-0.2, -0.15) is 5.10 Å². The Morgan fingerprint density at radius 1 is 1.09 bits per heavy atom. The summed E-state index contributed by atoms with van der Waals surface area (Å²) in [6.07, 6.45) is 1.68. The Labute approximate surface area is 132 Å². The summed E-state index contributed by atoms with van der Waals surface area (Å²) in [7, 11) is 0. The van der Waals surface area contributed by atoms with Crippen LogP contribution in [0.3, 0.4) is 0 Å². The van der Waals surface area contributed by atoms with Crippen molar-refractivity contribution in [3.05, 3.63) is 66.5 Å². The van der Waals surface area contributed by atoms with Crippen LogP contribution in [-0.2, 0) is 0 Å². The van der Waals surface area contributed by atoms with Gasteiger partial charge in [-0.3, -0.25) is 5.43 Å². The van der Waals surface area contributed by atoms with Gasteiger partial charge in [0.25, 0.3) is 0 Å². The Bertz CT molecular complexity index is 1020. The summed E-state index contributed by atoms with van der Waals surface area (Å²) in [5.74, 6) is 0.657. The molecule has 0 amide bonds. The number of H-pyrrole nitrogens is 1. The number of nitrogens with zero attached hydrogens (tertiary/aromatic N) is 4. The highest BCUT2D eigenvalue weighted by atomic mass is 15.4. The van der Waals surface area contributed by atoms with Crippen molar-refractivity contribution in [1.82, 2.24) is 15.3 Å². The van der Waals surface area contributed by atoms with Crippen molar-refractivity contribution in [2.45, 2.75) is 6.92 Å². The van der Waals surface area contributed by atoms with E-state index in [2.05, 4.69) is 56.2 Å². The molecule has 0 bridgehead atoms. The maximum absolute atomic E-state index is 4.42. The lowest BCUT2D eigenvalue weighted by molar-refractivity contribution is -0.579. The second kappa shape index (κ2) is 5.49. The van der Waals surface area contributed by atoms with Crippen LogP contribution in [0.4, 0.5) is 5.82 Å². The molecule has 0 aliphatic rings. The third kappa shape index (κ3) is 2.62. The Hall–Kier alpha value is -3.28. The number of hydrogen-bond acceptors (Lipinski definition) is 4. The zero-order valence-corrected chi connectivity index (χ0v) is 12.6. The van der Waals surface area contributed by atoms with Gasteiger partial charge in [-0.25, -0.2) is 0 Å². The van der Waals surface area contributed by atoms with Gasteiger partial charge >= 0.3 is 5.65 Å². The molecule has 0 atom stereocenters. The predicted molar refractivity (Wildman–Crippen MR) is 89.3 cm³/mol. The number of nitrogens with one attached hydrogen (secondary N) is 2. The summed E-state index contributed by atoms with van der Waals surface area (Å²) in [5.41, 5.74) is 5.72. The monoisotopic (exact) mass is 303 g/mol. The Morgan fingerprint density at radius 3 is 2.87 bits per heavy atom. The number of anilines is 1. The first-order chi connectivity index (χ1) is 11.3. The molecule has 6 nitrogen and oxygen atoms in total. The molecular weight excluding hydrogens is 288 g/mol.